The Balaban J connectivity index is 3.84. The first-order valence-electron chi connectivity index (χ1n) is 10.3. The molecule has 0 spiro atoms. The van der Waals surface area contributed by atoms with Gasteiger partial charge in [0, 0.05) is 6.42 Å². The summed E-state index contributed by atoms with van der Waals surface area (Å²) < 4.78 is 0. The summed E-state index contributed by atoms with van der Waals surface area (Å²) in [5.74, 6) is -0.390. The van der Waals surface area contributed by atoms with E-state index in [1.54, 1.807) is 0 Å². The molecule has 148 valence electrons. The summed E-state index contributed by atoms with van der Waals surface area (Å²) in [6.45, 7) is 2.04. The zero-order chi connectivity index (χ0) is 18.8. The molecule has 0 aliphatic rings. The molecule has 0 aliphatic carbocycles. The highest BCUT2D eigenvalue weighted by Crippen LogP contribution is 2.21. The van der Waals surface area contributed by atoms with Gasteiger partial charge >= 0.3 is 5.97 Å². The molecule has 0 aliphatic heterocycles. The molecular formula is C21H40O4. The van der Waals surface area contributed by atoms with Gasteiger partial charge in [-0.3, -0.25) is 4.79 Å². The van der Waals surface area contributed by atoms with E-state index in [2.05, 4.69) is 19.1 Å². The zero-order valence-electron chi connectivity index (χ0n) is 16.2. The highest BCUT2D eigenvalue weighted by atomic mass is 16.4. The van der Waals surface area contributed by atoms with E-state index >= 15 is 0 Å². The van der Waals surface area contributed by atoms with E-state index < -0.39 is 12.1 Å². The molecule has 4 heteroatoms. The van der Waals surface area contributed by atoms with Crippen molar-refractivity contribution in [1.82, 2.24) is 0 Å². The van der Waals surface area contributed by atoms with Crippen molar-refractivity contribution in [3.8, 4) is 0 Å². The van der Waals surface area contributed by atoms with Crippen LogP contribution < -0.4 is 0 Å². The SMILES string of the molecule is CCCCCCCCC=CCCC(CCCCC(=O)O)CC(O)CO. The number of aliphatic hydroxyl groups is 2. The number of carbonyl (C=O) groups is 1. The highest BCUT2D eigenvalue weighted by Gasteiger charge is 2.13. The van der Waals surface area contributed by atoms with Gasteiger partial charge in [0.2, 0.25) is 0 Å². The van der Waals surface area contributed by atoms with Gasteiger partial charge in [-0.2, -0.15) is 0 Å². The summed E-state index contributed by atoms with van der Waals surface area (Å²) in [7, 11) is 0. The number of carboxylic acid groups (broad SMARTS) is 1. The molecular weight excluding hydrogens is 316 g/mol. The monoisotopic (exact) mass is 356 g/mol. The van der Waals surface area contributed by atoms with Crippen LogP contribution in [0.4, 0.5) is 0 Å². The molecule has 4 nitrogen and oxygen atoms in total. The van der Waals surface area contributed by atoms with Crippen LogP contribution in [0.25, 0.3) is 0 Å². The molecule has 2 unspecified atom stereocenters. The predicted molar refractivity (Wildman–Crippen MR) is 104 cm³/mol. The maximum absolute atomic E-state index is 10.6. The third-order valence-corrected chi connectivity index (χ3v) is 4.70. The smallest absolute Gasteiger partial charge is 0.303 e. The van der Waals surface area contributed by atoms with Crippen molar-refractivity contribution in [3.63, 3.8) is 0 Å². The van der Waals surface area contributed by atoms with Crippen molar-refractivity contribution >= 4 is 5.97 Å². The standard InChI is InChI=1S/C21H40O4/c1-2-3-4-5-6-7-8-9-10-11-14-19(17-20(23)18-22)15-12-13-16-21(24)25/h9-10,19-20,22-23H,2-8,11-18H2,1H3,(H,24,25). The first-order valence-corrected chi connectivity index (χ1v) is 10.3. The van der Waals surface area contributed by atoms with E-state index in [1.165, 1.54) is 38.5 Å². The van der Waals surface area contributed by atoms with Crippen LogP contribution in [0.15, 0.2) is 12.2 Å². The molecule has 0 aromatic carbocycles. The third kappa shape index (κ3) is 17.7. The second-order valence-electron chi connectivity index (χ2n) is 7.18. The molecule has 0 fully saturated rings. The lowest BCUT2D eigenvalue weighted by atomic mass is 9.90. The van der Waals surface area contributed by atoms with Crippen LogP contribution in [0, 0.1) is 5.92 Å². The van der Waals surface area contributed by atoms with Crippen LogP contribution in [0.3, 0.4) is 0 Å². The Bertz CT molecular complexity index is 328. The van der Waals surface area contributed by atoms with Crippen molar-refractivity contribution < 1.29 is 20.1 Å². The number of hydrogen-bond acceptors (Lipinski definition) is 3. The molecule has 25 heavy (non-hydrogen) atoms. The molecule has 0 heterocycles. The summed E-state index contributed by atoms with van der Waals surface area (Å²) in [4.78, 5) is 10.6. The Morgan fingerprint density at radius 2 is 1.60 bits per heavy atom. The average Bonchev–Trinajstić information content (AvgIpc) is 2.59. The molecule has 0 saturated heterocycles. The van der Waals surface area contributed by atoms with Crippen molar-refractivity contribution in [2.24, 2.45) is 5.92 Å². The molecule has 0 radical (unpaired) electrons. The molecule has 2 atom stereocenters. The van der Waals surface area contributed by atoms with E-state index in [0.717, 1.165) is 32.1 Å². The fourth-order valence-corrected chi connectivity index (χ4v) is 3.16. The summed E-state index contributed by atoms with van der Waals surface area (Å²) >= 11 is 0. The van der Waals surface area contributed by atoms with E-state index in [4.69, 9.17) is 10.2 Å². The van der Waals surface area contributed by atoms with Crippen LogP contribution in [0.2, 0.25) is 0 Å². The lowest BCUT2D eigenvalue weighted by Gasteiger charge is -2.18. The second-order valence-corrected chi connectivity index (χ2v) is 7.18. The Morgan fingerprint density at radius 3 is 2.28 bits per heavy atom. The maximum Gasteiger partial charge on any atom is 0.303 e. The van der Waals surface area contributed by atoms with Crippen LogP contribution in [-0.2, 0) is 4.79 Å². The Labute approximate surface area is 154 Å². The number of unbranched alkanes of at least 4 members (excludes halogenated alkanes) is 7. The second kappa shape index (κ2) is 17.9. The van der Waals surface area contributed by atoms with Crippen molar-refractivity contribution in [2.45, 2.75) is 103 Å². The Hall–Kier alpha value is -0.870. The molecule has 0 rings (SSSR count). The van der Waals surface area contributed by atoms with Crippen LogP contribution >= 0.6 is 0 Å². The third-order valence-electron chi connectivity index (χ3n) is 4.70. The van der Waals surface area contributed by atoms with E-state index in [9.17, 15) is 9.90 Å². The normalized spacial score (nSPS) is 14.0. The summed E-state index contributed by atoms with van der Waals surface area (Å²) in [5, 5.41) is 27.4. The fraction of sp³-hybridized carbons (Fsp3) is 0.857. The Kier molecular flexibility index (Phi) is 17.3. The largest absolute Gasteiger partial charge is 0.481 e. The maximum atomic E-state index is 10.6. The Morgan fingerprint density at radius 1 is 0.920 bits per heavy atom. The van der Waals surface area contributed by atoms with Crippen LogP contribution in [-0.4, -0.2) is 34.0 Å². The van der Waals surface area contributed by atoms with Crippen molar-refractivity contribution in [3.05, 3.63) is 12.2 Å². The molecule has 3 N–H and O–H groups in total. The van der Waals surface area contributed by atoms with Gasteiger partial charge in [-0.05, 0) is 44.4 Å². The predicted octanol–water partition coefficient (Wildman–Crippen LogP) is 5.08. The molecule has 0 saturated carbocycles. The summed E-state index contributed by atoms with van der Waals surface area (Å²) in [6.07, 6.45) is 18.2. The topological polar surface area (TPSA) is 77.8 Å². The minimum Gasteiger partial charge on any atom is -0.481 e. The van der Waals surface area contributed by atoms with Crippen LogP contribution in [0.5, 0.6) is 0 Å². The number of hydrogen-bond donors (Lipinski definition) is 3. The minimum atomic E-state index is -0.746. The molecule has 0 bridgehead atoms. The van der Waals surface area contributed by atoms with Gasteiger partial charge in [-0.25, -0.2) is 0 Å². The lowest BCUT2D eigenvalue weighted by molar-refractivity contribution is -0.137. The van der Waals surface area contributed by atoms with Crippen molar-refractivity contribution in [2.75, 3.05) is 6.61 Å². The average molecular weight is 357 g/mol. The fourth-order valence-electron chi connectivity index (χ4n) is 3.16. The van der Waals surface area contributed by atoms with Crippen molar-refractivity contribution in [1.29, 1.82) is 0 Å². The lowest BCUT2D eigenvalue weighted by Crippen LogP contribution is -2.17. The van der Waals surface area contributed by atoms with Gasteiger partial charge < -0.3 is 15.3 Å². The van der Waals surface area contributed by atoms with E-state index in [1.807, 2.05) is 0 Å². The minimum absolute atomic E-state index is 0.195. The number of carboxylic acids is 1. The first kappa shape index (κ1) is 24.1. The number of aliphatic carboxylic acids is 1. The summed E-state index contributed by atoms with van der Waals surface area (Å²) in [5.41, 5.74) is 0. The summed E-state index contributed by atoms with van der Waals surface area (Å²) in [6, 6.07) is 0. The van der Waals surface area contributed by atoms with E-state index in [-0.39, 0.29) is 13.0 Å². The van der Waals surface area contributed by atoms with Gasteiger partial charge in [0.15, 0.2) is 0 Å². The van der Waals surface area contributed by atoms with Gasteiger partial charge in [0.1, 0.15) is 0 Å². The highest BCUT2D eigenvalue weighted by molar-refractivity contribution is 5.66. The number of aliphatic hydroxyl groups excluding tert-OH is 2. The van der Waals surface area contributed by atoms with Crippen LogP contribution in [0.1, 0.15) is 96.8 Å². The zero-order valence-corrected chi connectivity index (χ0v) is 16.2. The molecule has 0 aromatic rings. The quantitative estimate of drug-likeness (QED) is 0.236. The number of allylic oxidation sites excluding steroid dienone is 2. The molecule has 0 amide bonds. The number of rotatable bonds is 18. The van der Waals surface area contributed by atoms with Gasteiger partial charge in [0.25, 0.3) is 0 Å². The molecule has 0 aromatic heterocycles. The van der Waals surface area contributed by atoms with Gasteiger partial charge in [0.05, 0.1) is 12.7 Å². The van der Waals surface area contributed by atoms with E-state index in [0.29, 0.717) is 18.8 Å². The van der Waals surface area contributed by atoms with Gasteiger partial charge in [-0.15, -0.1) is 0 Å². The van der Waals surface area contributed by atoms with Gasteiger partial charge in [-0.1, -0.05) is 64.0 Å². The first-order chi connectivity index (χ1) is 12.1.